The Labute approximate surface area is 151 Å². The molecular formula is C20H17N5O. The van der Waals surface area contributed by atoms with Crippen molar-refractivity contribution in [2.75, 3.05) is 18.4 Å². The molecule has 1 atom stereocenters. The molecule has 0 radical (unpaired) electrons. The second-order valence-electron chi connectivity index (χ2n) is 6.27. The number of amides is 1. The van der Waals surface area contributed by atoms with Crippen molar-refractivity contribution in [2.45, 2.75) is 12.5 Å². The zero-order valence-corrected chi connectivity index (χ0v) is 14.1. The predicted octanol–water partition coefficient (Wildman–Crippen LogP) is 2.83. The van der Waals surface area contributed by atoms with Crippen LogP contribution in [0.25, 0.3) is 10.9 Å². The fraction of sp³-hybridized carbons (Fsp3) is 0.200. The molecule has 0 aliphatic carbocycles. The highest BCUT2D eigenvalue weighted by Crippen LogP contribution is 2.27. The summed E-state index contributed by atoms with van der Waals surface area (Å²) in [7, 11) is 0. The summed E-state index contributed by atoms with van der Waals surface area (Å²) in [5, 5.41) is 13.8. The van der Waals surface area contributed by atoms with Crippen LogP contribution in [0.2, 0.25) is 0 Å². The number of nitrogens with zero attached hydrogens (tertiary/aromatic N) is 4. The molecule has 0 bridgehead atoms. The quantitative estimate of drug-likeness (QED) is 0.791. The van der Waals surface area contributed by atoms with E-state index in [1.165, 1.54) is 0 Å². The number of rotatable bonds is 3. The summed E-state index contributed by atoms with van der Waals surface area (Å²) in [6.45, 7) is 1.24. The van der Waals surface area contributed by atoms with Crippen molar-refractivity contribution in [3.05, 3.63) is 66.1 Å². The van der Waals surface area contributed by atoms with E-state index in [-0.39, 0.29) is 11.9 Å². The molecule has 1 amide bonds. The Morgan fingerprint density at radius 2 is 2.04 bits per heavy atom. The molecule has 128 valence electrons. The Morgan fingerprint density at radius 1 is 1.19 bits per heavy atom. The lowest BCUT2D eigenvalue weighted by atomic mass is 10.1. The molecule has 0 unspecified atom stereocenters. The van der Waals surface area contributed by atoms with Crippen LogP contribution in [-0.2, 0) is 0 Å². The minimum absolute atomic E-state index is 0.0602. The highest BCUT2D eigenvalue weighted by molar-refractivity contribution is 5.94. The highest BCUT2D eigenvalue weighted by atomic mass is 16.2. The minimum atomic E-state index is -0.0602. The van der Waals surface area contributed by atoms with Crippen molar-refractivity contribution in [3.8, 4) is 6.07 Å². The van der Waals surface area contributed by atoms with Gasteiger partial charge in [0.1, 0.15) is 11.8 Å². The number of nitrogens with one attached hydrogen (secondary N) is 1. The van der Waals surface area contributed by atoms with Gasteiger partial charge in [0.2, 0.25) is 0 Å². The molecule has 2 aromatic heterocycles. The SMILES string of the molecule is N#Cc1cnc2ccccc2c1N[C@@H]1CCN(C(=O)c2ccccn2)C1. The van der Waals surface area contributed by atoms with Gasteiger partial charge in [-0.2, -0.15) is 5.26 Å². The first-order valence-corrected chi connectivity index (χ1v) is 8.51. The minimum Gasteiger partial charge on any atom is -0.379 e. The molecule has 1 aliphatic rings. The van der Waals surface area contributed by atoms with Crippen molar-refractivity contribution in [3.63, 3.8) is 0 Å². The lowest BCUT2D eigenvalue weighted by molar-refractivity contribution is 0.0786. The maximum absolute atomic E-state index is 12.6. The maximum atomic E-state index is 12.6. The lowest BCUT2D eigenvalue weighted by Gasteiger charge is -2.19. The maximum Gasteiger partial charge on any atom is 0.272 e. The number of anilines is 1. The number of fused-ring (bicyclic) bond motifs is 1. The summed E-state index contributed by atoms with van der Waals surface area (Å²) in [4.78, 5) is 22.8. The van der Waals surface area contributed by atoms with Crippen LogP contribution in [0.3, 0.4) is 0 Å². The van der Waals surface area contributed by atoms with Gasteiger partial charge in [-0.3, -0.25) is 14.8 Å². The van der Waals surface area contributed by atoms with E-state index >= 15 is 0 Å². The average molecular weight is 343 g/mol. The van der Waals surface area contributed by atoms with E-state index in [0.717, 1.165) is 23.0 Å². The molecule has 1 fully saturated rings. The van der Waals surface area contributed by atoms with Crippen LogP contribution in [-0.4, -0.2) is 39.9 Å². The summed E-state index contributed by atoms with van der Waals surface area (Å²) in [6, 6.07) is 15.4. The number of nitriles is 1. The molecule has 4 rings (SSSR count). The third kappa shape index (κ3) is 2.95. The summed E-state index contributed by atoms with van der Waals surface area (Å²) >= 11 is 0. The Bertz CT molecular complexity index is 996. The van der Waals surface area contributed by atoms with Crippen molar-refractivity contribution in [1.82, 2.24) is 14.9 Å². The average Bonchev–Trinajstić information content (AvgIpc) is 3.17. The van der Waals surface area contributed by atoms with Crippen molar-refractivity contribution >= 4 is 22.5 Å². The van der Waals surface area contributed by atoms with Gasteiger partial charge in [0.15, 0.2) is 0 Å². The number of aromatic nitrogens is 2. The van der Waals surface area contributed by atoms with Gasteiger partial charge in [-0.25, -0.2) is 0 Å². The number of carbonyl (C=O) groups is 1. The van der Waals surface area contributed by atoms with E-state index in [1.54, 1.807) is 29.4 Å². The number of benzene rings is 1. The van der Waals surface area contributed by atoms with Crippen molar-refractivity contribution in [1.29, 1.82) is 5.26 Å². The zero-order chi connectivity index (χ0) is 17.9. The van der Waals surface area contributed by atoms with Gasteiger partial charge in [0.25, 0.3) is 5.91 Å². The third-order valence-electron chi connectivity index (χ3n) is 4.60. The molecule has 26 heavy (non-hydrogen) atoms. The molecule has 6 heteroatoms. The number of pyridine rings is 2. The molecule has 3 heterocycles. The molecule has 0 saturated carbocycles. The van der Waals surface area contributed by atoms with E-state index in [0.29, 0.717) is 24.3 Å². The molecule has 3 aromatic rings. The van der Waals surface area contributed by atoms with Gasteiger partial charge in [0.05, 0.1) is 16.8 Å². The highest BCUT2D eigenvalue weighted by Gasteiger charge is 2.28. The van der Waals surface area contributed by atoms with Crippen LogP contribution in [0.5, 0.6) is 0 Å². The van der Waals surface area contributed by atoms with Crippen molar-refractivity contribution < 1.29 is 4.79 Å². The van der Waals surface area contributed by atoms with Crippen LogP contribution in [0.1, 0.15) is 22.5 Å². The third-order valence-corrected chi connectivity index (χ3v) is 4.60. The van der Waals surface area contributed by atoms with Gasteiger partial charge in [0, 0.05) is 36.9 Å². The smallest absolute Gasteiger partial charge is 0.272 e. The second kappa shape index (κ2) is 6.81. The Balaban J connectivity index is 1.55. The summed E-state index contributed by atoms with van der Waals surface area (Å²) in [5.74, 6) is -0.0602. The zero-order valence-electron chi connectivity index (χ0n) is 14.1. The van der Waals surface area contributed by atoms with Crippen LogP contribution in [0, 0.1) is 11.3 Å². The number of likely N-dealkylation sites (tertiary alicyclic amines) is 1. The van der Waals surface area contributed by atoms with Crippen molar-refractivity contribution in [2.24, 2.45) is 0 Å². The fourth-order valence-corrected chi connectivity index (χ4v) is 3.30. The van der Waals surface area contributed by atoms with E-state index in [2.05, 4.69) is 21.4 Å². The van der Waals surface area contributed by atoms with Crippen LogP contribution >= 0.6 is 0 Å². The standard InChI is InChI=1S/C20H17N5O/c21-11-14-12-23-17-6-2-1-5-16(17)19(14)24-15-8-10-25(13-15)20(26)18-7-3-4-9-22-18/h1-7,9,12,15H,8,10,13H2,(H,23,24)/t15-/m1/s1. The number of para-hydroxylation sites is 1. The topological polar surface area (TPSA) is 81.9 Å². The van der Waals surface area contributed by atoms with E-state index in [4.69, 9.17) is 0 Å². The fourth-order valence-electron chi connectivity index (χ4n) is 3.30. The molecular weight excluding hydrogens is 326 g/mol. The van der Waals surface area contributed by atoms with Gasteiger partial charge in [-0.1, -0.05) is 24.3 Å². The first-order valence-electron chi connectivity index (χ1n) is 8.51. The first kappa shape index (κ1) is 16.0. The molecule has 0 spiro atoms. The summed E-state index contributed by atoms with van der Waals surface area (Å²) < 4.78 is 0. The largest absolute Gasteiger partial charge is 0.379 e. The predicted molar refractivity (Wildman–Crippen MR) is 98.6 cm³/mol. The van der Waals surface area contributed by atoms with Gasteiger partial charge < -0.3 is 10.2 Å². The van der Waals surface area contributed by atoms with E-state index in [9.17, 15) is 10.1 Å². The molecule has 1 saturated heterocycles. The second-order valence-corrected chi connectivity index (χ2v) is 6.27. The summed E-state index contributed by atoms with van der Waals surface area (Å²) in [6.07, 6.45) is 4.04. The molecule has 1 aliphatic heterocycles. The number of hydrogen-bond acceptors (Lipinski definition) is 5. The number of hydrogen-bond donors (Lipinski definition) is 1. The Hall–Kier alpha value is -3.46. The van der Waals surface area contributed by atoms with Crippen LogP contribution in [0.4, 0.5) is 5.69 Å². The Morgan fingerprint density at radius 3 is 2.85 bits per heavy atom. The van der Waals surface area contributed by atoms with Gasteiger partial charge >= 0.3 is 0 Å². The van der Waals surface area contributed by atoms with Crippen LogP contribution < -0.4 is 5.32 Å². The Kier molecular flexibility index (Phi) is 4.20. The van der Waals surface area contributed by atoms with Gasteiger partial charge in [-0.05, 0) is 24.6 Å². The van der Waals surface area contributed by atoms with E-state index < -0.39 is 0 Å². The monoisotopic (exact) mass is 343 g/mol. The van der Waals surface area contributed by atoms with Gasteiger partial charge in [-0.15, -0.1) is 0 Å². The number of carbonyl (C=O) groups excluding carboxylic acids is 1. The van der Waals surface area contributed by atoms with Crippen LogP contribution in [0.15, 0.2) is 54.9 Å². The molecule has 1 aromatic carbocycles. The molecule has 6 nitrogen and oxygen atoms in total. The first-order chi connectivity index (χ1) is 12.8. The molecule has 1 N–H and O–H groups in total. The summed E-state index contributed by atoms with van der Waals surface area (Å²) in [5.41, 5.74) is 2.60. The lowest BCUT2D eigenvalue weighted by Crippen LogP contribution is -2.32. The normalized spacial score (nSPS) is 16.4. The van der Waals surface area contributed by atoms with E-state index in [1.807, 2.05) is 30.3 Å².